The maximum Gasteiger partial charge on any atom is 0.251 e. The van der Waals surface area contributed by atoms with E-state index in [4.69, 9.17) is 9.47 Å². The minimum atomic E-state index is -0.663. The highest BCUT2D eigenvalue weighted by atomic mass is 16.7. The lowest BCUT2D eigenvalue weighted by molar-refractivity contribution is -0.132. The average Bonchev–Trinajstić information content (AvgIpc) is 3.23. The van der Waals surface area contributed by atoms with E-state index in [2.05, 4.69) is 17.2 Å². The Bertz CT molecular complexity index is 875. The number of benzene rings is 1. The molecule has 1 aromatic carbocycles. The molecule has 1 fully saturated rings. The van der Waals surface area contributed by atoms with E-state index >= 15 is 0 Å². The number of aromatic nitrogens is 1. The van der Waals surface area contributed by atoms with Crippen molar-refractivity contribution >= 4 is 22.7 Å². The number of amides is 2. The number of nitrogens with one attached hydrogen (secondary N) is 3. The molecule has 32 heavy (non-hydrogen) atoms. The van der Waals surface area contributed by atoms with Crippen LogP contribution in [0.4, 0.5) is 0 Å². The predicted molar refractivity (Wildman–Crippen MR) is 121 cm³/mol. The molecule has 0 aliphatic heterocycles. The summed E-state index contributed by atoms with van der Waals surface area (Å²) in [6.45, 7) is 4.96. The third-order valence-electron chi connectivity index (χ3n) is 6.37. The summed E-state index contributed by atoms with van der Waals surface area (Å²) < 4.78 is 10.9. The fourth-order valence-corrected chi connectivity index (χ4v) is 4.46. The van der Waals surface area contributed by atoms with Crippen LogP contribution in [0, 0.1) is 11.8 Å². The van der Waals surface area contributed by atoms with Crippen molar-refractivity contribution in [1.82, 2.24) is 15.8 Å². The zero-order chi connectivity index (χ0) is 22.9. The smallest absolute Gasteiger partial charge is 0.251 e. The van der Waals surface area contributed by atoms with Gasteiger partial charge in [0, 0.05) is 29.6 Å². The van der Waals surface area contributed by atoms with E-state index in [-0.39, 0.29) is 31.6 Å². The SMILES string of the molecule is CCOCOC[C@H](C[C@H](C(=O)NO)c1c[nH]c2ccccc12)NC(=O)[C@H]1CC[C@H](C)CC1. The third kappa shape index (κ3) is 6.31. The average molecular weight is 446 g/mol. The molecule has 8 heteroatoms. The topological polar surface area (TPSA) is 113 Å². The van der Waals surface area contributed by atoms with Gasteiger partial charge in [-0.15, -0.1) is 0 Å². The van der Waals surface area contributed by atoms with Crippen LogP contribution in [0.25, 0.3) is 10.9 Å². The molecule has 3 rings (SSSR count). The Hall–Kier alpha value is -2.42. The van der Waals surface area contributed by atoms with Crippen molar-refractivity contribution in [1.29, 1.82) is 0 Å². The van der Waals surface area contributed by atoms with Crippen molar-refractivity contribution in [3.8, 4) is 0 Å². The van der Waals surface area contributed by atoms with Gasteiger partial charge in [-0.1, -0.05) is 25.1 Å². The van der Waals surface area contributed by atoms with Crippen LogP contribution >= 0.6 is 0 Å². The number of ether oxygens (including phenoxy) is 2. The van der Waals surface area contributed by atoms with Gasteiger partial charge in [0.1, 0.15) is 6.79 Å². The quantitative estimate of drug-likeness (QED) is 0.183. The number of fused-ring (bicyclic) bond motifs is 1. The second-order valence-electron chi connectivity index (χ2n) is 8.70. The van der Waals surface area contributed by atoms with Gasteiger partial charge in [-0.25, -0.2) is 5.48 Å². The van der Waals surface area contributed by atoms with Gasteiger partial charge >= 0.3 is 0 Å². The van der Waals surface area contributed by atoms with Gasteiger partial charge in [0.15, 0.2) is 0 Å². The Balaban J connectivity index is 1.76. The number of H-pyrrole nitrogens is 1. The summed E-state index contributed by atoms with van der Waals surface area (Å²) in [6, 6.07) is 7.28. The summed E-state index contributed by atoms with van der Waals surface area (Å²) in [6.07, 6.45) is 5.93. The molecule has 1 saturated carbocycles. The summed E-state index contributed by atoms with van der Waals surface area (Å²) in [5.41, 5.74) is 3.46. The summed E-state index contributed by atoms with van der Waals surface area (Å²) in [5.74, 6) is -0.541. The van der Waals surface area contributed by atoms with Crippen LogP contribution in [0.1, 0.15) is 57.4 Å². The summed E-state index contributed by atoms with van der Waals surface area (Å²) in [5, 5.41) is 13.4. The third-order valence-corrected chi connectivity index (χ3v) is 6.37. The van der Waals surface area contributed by atoms with E-state index in [1.54, 1.807) is 11.7 Å². The Labute approximate surface area is 189 Å². The Kier molecular flexibility index (Phi) is 9.08. The maximum absolute atomic E-state index is 13.0. The second kappa shape index (κ2) is 12.0. The molecule has 0 bridgehead atoms. The number of rotatable bonds is 11. The first-order chi connectivity index (χ1) is 15.5. The highest BCUT2D eigenvalue weighted by Gasteiger charge is 2.30. The zero-order valence-corrected chi connectivity index (χ0v) is 18.9. The van der Waals surface area contributed by atoms with Crippen LogP contribution in [-0.4, -0.2) is 48.1 Å². The van der Waals surface area contributed by atoms with Gasteiger partial charge < -0.3 is 19.8 Å². The van der Waals surface area contributed by atoms with Crippen LogP contribution in [0.2, 0.25) is 0 Å². The molecule has 0 spiro atoms. The van der Waals surface area contributed by atoms with Gasteiger partial charge in [-0.3, -0.25) is 14.8 Å². The number of aromatic amines is 1. The molecule has 2 aromatic rings. The van der Waals surface area contributed by atoms with Crippen molar-refractivity contribution in [3.05, 3.63) is 36.0 Å². The van der Waals surface area contributed by atoms with Crippen LogP contribution in [0.15, 0.2) is 30.5 Å². The second-order valence-corrected chi connectivity index (χ2v) is 8.70. The van der Waals surface area contributed by atoms with Crippen molar-refractivity contribution in [2.24, 2.45) is 11.8 Å². The van der Waals surface area contributed by atoms with E-state index in [1.165, 1.54) is 0 Å². The Morgan fingerprint density at radius 3 is 2.66 bits per heavy atom. The summed E-state index contributed by atoms with van der Waals surface area (Å²) >= 11 is 0. The summed E-state index contributed by atoms with van der Waals surface area (Å²) in [7, 11) is 0. The molecule has 8 nitrogen and oxygen atoms in total. The molecule has 0 unspecified atom stereocenters. The number of carbonyl (C=O) groups is 2. The molecular formula is C24H35N3O5. The van der Waals surface area contributed by atoms with E-state index < -0.39 is 17.9 Å². The number of hydrogen-bond acceptors (Lipinski definition) is 5. The van der Waals surface area contributed by atoms with Gasteiger partial charge in [0.2, 0.25) is 5.91 Å². The minimum Gasteiger partial charge on any atom is -0.361 e. The van der Waals surface area contributed by atoms with E-state index in [9.17, 15) is 14.8 Å². The van der Waals surface area contributed by atoms with Gasteiger partial charge in [-0.05, 0) is 56.6 Å². The van der Waals surface area contributed by atoms with Gasteiger partial charge in [0.05, 0.1) is 18.6 Å². The predicted octanol–water partition coefficient (Wildman–Crippen LogP) is 3.47. The van der Waals surface area contributed by atoms with Crippen molar-refractivity contribution in [2.45, 2.75) is 57.9 Å². The minimum absolute atomic E-state index is 0.00370. The molecule has 176 valence electrons. The molecule has 1 aliphatic rings. The number of para-hydroxylation sites is 1. The van der Waals surface area contributed by atoms with Crippen molar-refractivity contribution in [3.63, 3.8) is 0 Å². The molecule has 2 amide bonds. The lowest BCUT2D eigenvalue weighted by Gasteiger charge is -2.29. The lowest BCUT2D eigenvalue weighted by Crippen LogP contribution is -2.44. The summed E-state index contributed by atoms with van der Waals surface area (Å²) in [4.78, 5) is 28.8. The molecular weight excluding hydrogens is 410 g/mol. The highest BCUT2D eigenvalue weighted by molar-refractivity contribution is 5.91. The van der Waals surface area contributed by atoms with Crippen LogP contribution in [0.5, 0.6) is 0 Å². The van der Waals surface area contributed by atoms with Crippen molar-refractivity contribution < 1.29 is 24.3 Å². The molecule has 0 radical (unpaired) electrons. The first-order valence-corrected chi connectivity index (χ1v) is 11.5. The fraction of sp³-hybridized carbons (Fsp3) is 0.583. The largest absolute Gasteiger partial charge is 0.361 e. The van der Waals surface area contributed by atoms with Crippen molar-refractivity contribution in [2.75, 3.05) is 20.0 Å². The molecule has 2 atom stereocenters. The first kappa shape index (κ1) is 24.2. The number of hydrogen-bond donors (Lipinski definition) is 4. The van der Waals surface area contributed by atoms with Crippen LogP contribution < -0.4 is 10.8 Å². The monoisotopic (exact) mass is 445 g/mol. The number of carbonyl (C=O) groups excluding carboxylic acids is 2. The van der Waals surface area contributed by atoms with E-state index in [0.717, 1.165) is 42.1 Å². The number of hydroxylamine groups is 1. The van der Waals surface area contributed by atoms with Crippen LogP contribution in [0.3, 0.4) is 0 Å². The normalized spacial score (nSPS) is 20.6. The van der Waals surface area contributed by atoms with E-state index in [0.29, 0.717) is 12.5 Å². The zero-order valence-electron chi connectivity index (χ0n) is 18.9. The molecule has 0 saturated heterocycles. The maximum atomic E-state index is 13.0. The van der Waals surface area contributed by atoms with Crippen LogP contribution in [-0.2, 0) is 19.1 Å². The lowest BCUT2D eigenvalue weighted by atomic mass is 9.82. The fourth-order valence-electron chi connectivity index (χ4n) is 4.46. The van der Waals surface area contributed by atoms with E-state index in [1.807, 2.05) is 31.2 Å². The molecule has 1 aromatic heterocycles. The molecule has 4 N–H and O–H groups in total. The molecule has 1 aliphatic carbocycles. The Morgan fingerprint density at radius 1 is 1.19 bits per heavy atom. The van der Waals surface area contributed by atoms with Gasteiger partial charge in [0.25, 0.3) is 5.91 Å². The highest BCUT2D eigenvalue weighted by Crippen LogP contribution is 2.31. The first-order valence-electron chi connectivity index (χ1n) is 11.5. The van der Waals surface area contributed by atoms with Gasteiger partial charge in [-0.2, -0.15) is 0 Å². The standard InChI is InChI=1S/C24H35N3O5/c1-3-31-15-32-14-18(26-23(28)17-10-8-16(2)9-11-17)12-20(24(29)27-30)21-13-25-22-7-5-4-6-19(21)22/h4-7,13,16-18,20,25,30H,3,8-12,14-15H2,1-2H3,(H,26,28)(H,27,29)/t16-,17-,18-,20-/m0/s1. The molecule has 1 heterocycles. The Morgan fingerprint density at radius 2 is 1.94 bits per heavy atom.